The number of benzene rings is 8. The third-order valence-electron chi connectivity index (χ3n) is 18.2. The average Bonchev–Trinajstić information content (AvgIpc) is 3.95. The monoisotopic (exact) mass is 1090 g/mol. The van der Waals surface area contributed by atoms with Crippen LogP contribution < -0.4 is 10.9 Å². The Morgan fingerprint density at radius 3 is 0.768 bits per heavy atom. The molecule has 4 nitrogen and oxygen atoms in total. The van der Waals surface area contributed by atoms with Crippen LogP contribution in [0, 0.1) is 55.4 Å². The molecule has 0 amide bonds. The van der Waals surface area contributed by atoms with Gasteiger partial charge < -0.3 is 18.6 Å². The highest BCUT2D eigenvalue weighted by Crippen LogP contribution is 2.39. The fourth-order valence-electron chi connectivity index (χ4n) is 13.0. The number of hydrogen-bond acceptors (Lipinski definition) is 4. The minimum absolute atomic E-state index is 0.412. The Morgan fingerprint density at radius 1 is 0.268 bits per heavy atom. The van der Waals surface area contributed by atoms with Crippen LogP contribution in [-0.2, 0) is 70.0 Å². The highest BCUT2D eigenvalue weighted by atomic mass is 16.7. The molecule has 10 rings (SSSR count). The quantitative estimate of drug-likeness (QED) is 0.0803. The van der Waals surface area contributed by atoms with E-state index in [0.717, 1.165) is 75.1 Å². The van der Waals surface area contributed by atoms with Gasteiger partial charge in [-0.3, -0.25) is 0 Å². The molecular weight excluding hydrogens is 998 g/mol. The third kappa shape index (κ3) is 14.8. The highest BCUT2D eigenvalue weighted by Gasteiger charge is 2.53. The zero-order valence-electron chi connectivity index (χ0n) is 53.0. The molecule has 0 radical (unpaired) electrons. The molecule has 0 spiro atoms. The normalized spacial score (nSPS) is 16.0. The zero-order chi connectivity index (χ0) is 58.7. The van der Waals surface area contributed by atoms with Crippen LogP contribution in [-0.4, -0.2) is 36.6 Å². The number of fused-ring (bicyclic) bond motifs is 2. The van der Waals surface area contributed by atoms with Gasteiger partial charge in [0.2, 0.25) is 0 Å². The first kappa shape index (κ1) is 60.8. The lowest BCUT2D eigenvalue weighted by Crippen LogP contribution is -2.41. The summed E-state index contributed by atoms with van der Waals surface area (Å²) in [7, 11) is -0.845. The molecule has 2 aliphatic heterocycles. The third-order valence-corrected chi connectivity index (χ3v) is 18.2. The van der Waals surface area contributed by atoms with Crippen molar-refractivity contribution < 1.29 is 18.6 Å². The van der Waals surface area contributed by atoms with Crippen molar-refractivity contribution in [2.24, 2.45) is 0 Å². The van der Waals surface area contributed by atoms with Crippen molar-refractivity contribution in [2.45, 2.75) is 210 Å². The molecule has 8 aromatic rings. The Labute approximate surface area is 495 Å². The molecule has 0 N–H and O–H groups in total. The summed E-state index contributed by atoms with van der Waals surface area (Å²) in [5, 5.41) is 5.44. The van der Waals surface area contributed by atoms with E-state index in [9.17, 15) is 0 Å². The Morgan fingerprint density at radius 2 is 0.512 bits per heavy atom. The van der Waals surface area contributed by atoms with Crippen LogP contribution in [0.1, 0.15) is 170 Å². The Kier molecular flexibility index (Phi) is 18.7. The van der Waals surface area contributed by atoms with E-state index >= 15 is 0 Å². The van der Waals surface area contributed by atoms with Crippen LogP contribution in [0.15, 0.2) is 133 Å². The van der Waals surface area contributed by atoms with E-state index in [1.807, 2.05) is 0 Å². The maximum Gasteiger partial charge on any atom is 0.494 e. The number of rotatable bonds is 18. The predicted molar refractivity (Wildman–Crippen MR) is 351 cm³/mol. The topological polar surface area (TPSA) is 36.9 Å². The molecule has 0 unspecified atom stereocenters. The smallest absolute Gasteiger partial charge is 0.399 e. The maximum atomic E-state index is 6.64. The maximum absolute atomic E-state index is 6.64. The summed E-state index contributed by atoms with van der Waals surface area (Å²) in [4.78, 5) is 0. The molecule has 2 aliphatic rings. The van der Waals surface area contributed by atoms with Crippen molar-refractivity contribution in [3.8, 4) is 0 Å². The largest absolute Gasteiger partial charge is 0.494 e. The summed E-state index contributed by atoms with van der Waals surface area (Å²) in [5.41, 5.74) is 22.7. The van der Waals surface area contributed by atoms with Crippen LogP contribution >= 0.6 is 0 Å². The molecule has 0 atom stereocenters. The highest BCUT2D eigenvalue weighted by molar-refractivity contribution is 6.63. The van der Waals surface area contributed by atoms with Gasteiger partial charge in [0.25, 0.3) is 0 Å². The lowest BCUT2D eigenvalue weighted by molar-refractivity contribution is 0.00578. The van der Waals surface area contributed by atoms with Crippen LogP contribution in [0.4, 0.5) is 0 Å². The first-order chi connectivity index (χ1) is 38.8. The Hall–Kier alpha value is -5.75. The Bertz CT molecular complexity index is 3220. The first-order valence-corrected chi connectivity index (χ1v) is 30.9. The second-order valence-electron chi connectivity index (χ2n) is 27.0. The van der Waals surface area contributed by atoms with Gasteiger partial charge in [-0.1, -0.05) is 178 Å². The standard InChI is InChI=1S/C44H58B2O4.C32H36/c1-29-19-30(2)22-33(21-29)15-13-17-35-25-37(45-47-41(5,6)42(7,8)48-45)28-40-36(18-14-16-34-23-31(3)20-32(4)24-34)26-38(27-39(35)40)46-49-43(9,10)44(11,12)50-46;1-23-17-24(2)20-27(19-23)9-5-11-29-13-7-16-32-30(14-8-15-31(29)32)12-6-10-28-21-25(3)18-26(4)22-28/h19-28H,13-18H2,1-12H3;7-8,13-22H,5-6,9-12H2,1-4H3. The number of hydrogen-bond donors (Lipinski definition) is 0. The molecule has 2 heterocycles. The lowest BCUT2D eigenvalue weighted by Gasteiger charge is -2.32. The van der Waals surface area contributed by atoms with Crippen LogP contribution in [0.25, 0.3) is 21.5 Å². The van der Waals surface area contributed by atoms with E-state index in [1.54, 1.807) is 0 Å². The molecular formula is C76H94B2O4. The van der Waals surface area contributed by atoms with E-state index in [4.69, 9.17) is 18.6 Å². The summed E-state index contributed by atoms with van der Waals surface area (Å²) in [6, 6.07) is 50.8. The summed E-state index contributed by atoms with van der Waals surface area (Å²) < 4.78 is 26.6. The summed E-state index contributed by atoms with van der Waals surface area (Å²) in [6.07, 6.45) is 13.0. The van der Waals surface area contributed by atoms with Gasteiger partial charge in [0.1, 0.15) is 0 Å². The molecule has 0 aliphatic carbocycles. The summed E-state index contributed by atoms with van der Waals surface area (Å²) >= 11 is 0. The SMILES string of the molecule is Cc1cc(C)cc(CCCc2cc(B3OC(C)(C)C(C)(C)O3)cc3c(CCCc4cc(C)cc(C)c4)cc(B4OC(C)(C)C(C)(C)O4)cc23)c1.Cc1cc(C)cc(CCCc2cccc3c(CCCc4cc(C)cc(C)c4)cccc23)c1. The van der Waals surface area contributed by atoms with Crippen molar-refractivity contribution in [1.29, 1.82) is 0 Å². The van der Waals surface area contributed by atoms with E-state index in [1.165, 1.54) is 123 Å². The summed E-state index contributed by atoms with van der Waals surface area (Å²) in [6.45, 7) is 34.6. The molecule has 428 valence electrons. The molecule has 0 aromatic heterocycles. The van der Waals surface area contributed by atoms with Crippen LogP contribution in [0.5, 0.6) is 0 Å². The number of aryl methyl sites for hydroxylation is 16. The molecule has 82 heavy (non-hydrogen) atoms. The van der Waals surface area contributed by atoms with E-state index in [0.29, 0.717) is 0 Å². The van der Waals surface area contributed by atoms with Gasteiger partial charge in [0.15, 0.2) is 0 Å². The molecule has 0 bridgehead atoms. The molecule has 8 aromatic carbocycles. The Balaban J connectivity index is 0.000000218. The zero-order valence-corrected chi connectivity index (χ0v) is 53.0. The van der Waals surface area contributed by atoms with Crippen LogP contribution in [0.2, 0.25) is 0 Å². The van der Waals surface area contributed by atoms with Gasteiger partial charge in [-0.15, -0.1) is 0 Å². The van der Waals surface area contributed by atoms with Gasteiger partial charge in [-0.2, -0.15) is 0 Å². The van der Waals surface area contributed by atoms with Crippen molar-refractivity contribution in [3.63, 3.8) is 0 Å². The predicted octanol–water partition coefficient (Wildman–Crippen LogP) is 17.4. The summed E-state index contributed by atoms with van der Waals surface area (Å²) in [5.74, 6) is 0. The van der Waals surface area contributed by atoms with Crippen LogP contribution in [0.3, 0.4) is 0 Å². The van der Waals surface area contributed by atoms with Gasteiger partial charge in [-0.25, -0.2) is 0 Å². The van der Waals surface area contributed by atoms with Gasteiger partial charge in [0.05, 0.1) is 22.4 Å². The second kappa shape index (κ2) is 25.2. The van der Waals surface area contributed by atoms with E-state index < -0.39 is 36.6 Å². The van der Waals surface area contributed by atoms with Crippen molar-refractivity contribution in [3.05, 3.63) is 222 Å². The van der Waals surface area contributed by atoms with Gasteiger partial charge >= 0.3 is 14.2 Å². The molecule has 6 heteroatoms. The average molecular weight is 1090 g/mol. The molecule has 2 fully saturated rings. The molecule has 0 saturated carbocycles. The van der Waals surface area contributed by atoms with Gasteiger partial charge in [0, 0.05) is 0 Å². The minimum atomic E-state index is -0.423. The lowest BCUT2D eigenvalue weighted by atomic mass is 9.73. The van der Waals surface area contributed by atoms with Crippen molar-refractivity contribution >= 4 is 46.7 Å². The minimum Gasteiger partial charge on any atom is -0.399 e. The van der Waals surface area contributed by atoms with Crippen molar-refractivity contribution in [2.75, 3.05) is 0 Å². The fraction of sp³-hybridized carbons (Fsp3) is 0.421. The van der Waals surface area contributed by atoms with E-state index in [-0.39, 0.29) is 0 Å². The van der Waals surface area contributed by atoms with E-state index in [2.05, 4.69) is 244 Å². The fourth-order valence-corrected chi connectivity index (χ4v) is 13.0. The molecule has 2 saturated heterocycles. The van der Waals surface area contributed by atoms with Gasteiger partial charge in [-0.05, 0) is 265 Å². The first-order valence-electron chi connectivity index (χ1n) is 30.9. The second-order valence-corrected chi connectivity index (χ2v) is 27.0. The van der Waals surface area contributed by atoms with Crippen molar-refractivity contribution in [1.82, 2.24) is 0 Å².